The number of H-pyrrole nitrogens is 1. The van der Waals surface area contributed by atoms with Crippen LogP contribution in [-0.4, -0.2) is 15.2 Å². The normalized spacial score (nSPS) is 7.00. The molecular formula is C7H18N4. The van der Waals surface area contributed by atoms with E-state index in [4.69, 9.17) is 5.73 Å². The van der Waals surface area contributed by atoms with Crippen LogP contribution in [0.5, 0.6) is 0 Å². The molecule has 0 saturated heterocycles. The maximum atomic E-state index is 5.13. The molecule has 4 nitrogen and oxygen atoms in total. The van der Waals surface area contributed by atoms with Gasteiger partial charge in [0.15, 0.2) is 0 Å². The fraction of sp³-hybridized carbons (Fsp3) is 0.714. The Bertz CT molecular complexity index is 143. The van der Waals surface area contributed by atoms with Crippen molar-refractivity contribution in [3.8, 4) is 0 Å². The van der Waals surface area contributed by atoms with Gasteiger partial charge in [0.1, 0.15) is 5.82 Å². The smallest absolute Gasteiger partial charge is 0.239 e. The van der Waals surface area contributed by atoms with E-state index in [1.807, 2.05) is 27.7 Å². The monoisotopic (exact) mass is 158 g/mol. The Hall–Kier alpha value is -1.06. The second-order valence-electron chi connectivity index (χ2n) is 1.28. The zero-order chi connectivity index (χ0) is 9.28. The first-order valence-corrected chi connectivity index (χ1v) is 3.93. The molecule has 3 N–H and O–H groups in total. The van der Waals surface area contributed by atoms with Gasteiger partial charge in [0.2, 0.25) is 5.95 Å². The Morgan fingerprint density at radius 2 is 1.64 bits per heavy atom. The van der Waals surface area contributed by atoms with Crippen LogP contribution >= 0.6 is 0 Å². The van der Waals surface area contributed by atoms with Crippen molar-refractivity contribution < 1.29 is 0 Å². The molecule has 0 bridgehead atoms. The van der Waals surface area contributed by atoms with E-state index in [0.717, 1.165) is 5.82 Å². The topological polar surface area (TPSA) is 67.6 Å². The van der Waals surface area contributed by atoms with Crippen LogP contribution in [0.3, 0.4) is 0 Å². The maximum absolute atomic E-state index is 5.13. The van der Waals surface area contributed by atoms with Gasteiger partial charge in [-0.15, -0.1) is 5.10 Å². The number of rotatable bonds is 0. The summed E-state index contributed by atoms with van der Waals surface area (Å²) in [6.07, 6.45) is 0. The molecule has 1 aromatic rings. The molecule has 11 heavy (non-hydrogen) atoms. The summed E-state index contributed by atoms with van der Waals surface area (Å²) < 4.78 is 0. The molecular weight excluding hydrogens is 140 g/mol. The van der Waals surface area contributed by atoms with Crippen molar-refractivity contribution in [1.29, 1.82) is 0 Å². The Balaban J connectivity index is 0. The predicted octanol–water partition coefficient (Wildman–Crippen LogP) is 1.75. The van der Waals surface area contributed by atoms with E-state index in [-0.39, 0.29) is 0 Å². The van der Waals surface area contributed by atoms with Crippen molar-refractivity contribution in [3.05, 3.63) is 5.82 Å². The van der Waals surface area contributed by atoms with Gasteiger partial charge in [0, 0.05) is 0 Å². The summed E-state index contributed by atoms with van der Waals surface area (Å²) in [4.78, 5) is 3.72. The standard InChI is InChI=1S/C3H6N4.2C2H6/c1-2-5-3(4)7-6-2;2*1-2/h1H3,(H3,4,5,6,7);2*1-2H3. The maximum Gasteiger partial charge on any atom is 0.239 e. The summed E-state index contributed by atoms with van der Waals surface area (Å²) in [6.45, 7) is 9.80. The summed E-state index contributed by atoms with van der Waals surface area (Å²) in [5, 5.41) is 6.14. The molecule has 0 amide bonds. The van der Waals surface area contributed by atoms with E-state index in [0.29, 0.717) is 5.95 Å². The van der Waals surface area contributed by atoms with Gasteiger partial charge >= 0.3 is 0 Å². The van der Waals surface area contributed by atoms with Gasteiger partial charge in [0.05, 0.1) is 0 Å². The average molecular weight is 158 g/mol. The fourth-order valence-electron chi connectivity index (χ4n) is 0.360. The first-order valence-electron chi connectivity index (χ1n) is 3.93. The van der Waals surface area contributed by atoms with Gasteiger partial charge in [-0.05, 0) is 6.92 Å². The minimum atomic E-state index is 0.303. The molecule has 0 spiro atoms. The van der Waals surface area contributed by atoms with Crippen LogP contribution in [0.4, 0.5) is 5.95 Å². The quantitative estimate of drug-likeness (QED) is 0.604. The number of hydrogen-bond acceptors (Lipinski definition) is 3. The third-order valence-corrected chi connectivity index (χ3v) is 0.615. The molecule has 0 aromatic carbocycles. The van der Waals surface area contributed by atoms with E-state index in [2.05, 4.69) is 15.2 Å². The Morgan fingerprint density at radius 1 is 1.18 bits per heavy atom. The Labute approximate surface area is 68.2 Å². The Kier molecular flexibility index (Phi) is 10.2. The van der Waals surface area contributed by atoms with Crippen LogP contribution in [0.15, 0.2) is 0 Å². The molecule has 1 heterocycles. The van der Waals surface area contributed by atoms with Crippen LogP contribution in [0.1, 0.15) is 33.5 Å². The van der Waals surface area contributed by atoms with Crippen molar-refractivity contribution in [3.63, 3.8) is 0 Å². The molecule has 0 aliphatic rings. The number of nitrogens with two attached hydrogens (primary N) is 1. The zero-order valence-electron chi connectivity index (χ0n) is 7.97. The molecule has 1 rings (SSSR count). The highest BCUT2D eigenvalue weighted by molar-refractivity contribution is 5.11. The van der Waals surface area contributed by atoms with Gasteiger partial charge in [-0.1, -0.05) is 27.7 Å². The van der Waals surface area contributed by atoms with E-state index in [1.54, 1.807) is 6.92 Å². The van der Waals surface area contributed by atoms with Crippen molar-refractivity contribution in [2.24, 2.45) is 0 Å². The fourth-order valence-corrected chi connectivity index (χ4v) is 0.360. The molecule has 4 heteroatoms. The molecule has 0 atom stereocenters. The van der Waals surface area contributed by atoms with E-state index in [1.165, 1.54) is 0 Å². The highest BCUT2D eigenvalue weighted by Crippen LogP contribution is 1.86. The highest BCUT2D eigenvalue weighted by atomic mass is 15.2. The van der Waals surface area contributed by atoms with Crippen LogP contribution in [-0.2, 0) is 0 Å². The molecule has 66 valence electrons. The Morgan fingerprint density at radius 3 is 1.73 bits per heavy atom. The summed E-state index contributed by atoms with van der Waals surface area (Å²) in [5.74, 6) is 1.05. The lowest BCUT2D eigenvalue weighted by Crippen LogP contribution is -1.84. The average Bonchev–Trinajstić information content (AvgIpc) is 2.43. The second kappa shape index (κ2) is 8.94. The van der Waals surface area contributed by atoms with Gasteiger partial charge in [-0.3, -0.25) is 5.10 Å². The van der Waals surface area contributed by atoms with E-state index >= 15 is 0 Å². The molecule has 0 saturated carbocycles. The zero-order valence-corrected chi connectivity index (χ0v) is 7.97. The molecule has 0 fully saturated rings. The van der Waals surface area contributed by atoms with Crippen molar-refractivity contribution in [1.82, 2.24) is 15.2 Å². The van der Waals surface area contributed by atoms with Crippen LogP contribution in [0.25, 0.3) is 0 Å². The molecule has 0 aliphatic heterocycles. The number of nitrogen functional groups attached to an aromatic ring is 1. The first-order chi connectivity index (χ1) is 5.29. The summed E-state index contributed by atoms with van der Waals surface area (Å²) >= 11 is 0. The van der Waals surface area contributed by atoms with Crippen LogP contribution < -0.4 is 5.73 Å². The second-order valence-corrected chi connectivity index (χ2v) is 1.28. The van der Waals surface area contributed by atoms with Gasteiger partial charge in [-0.2, -0.15) is 4.98 Å². The lowest BCUT2D eigenvalue weighted by molar-refractivity contribution is 1.04. The molecule has 0 radical (unpaired) electrons. The summed E-state index contributed by atoms with van der Waals surface area (Å²) in [5.41, 5.74) is 5.13. The number of nitrogens with zero attached hydrogens (tertiary/aromatic N) is 2. The number of anilines is 1. The molecule has 0 aliphatic carbocycles. The largest absolute Gasteiger partial charge is 0.367 e. The number of aromatic amines is 1. The number of aromatic nitrogens is 3. The van der Waals surface area contributed by atoms with Crippen molar-refractivity contribution >= 4 is 5.95 Å². The third kappa shape index (κ3) is 6.83. The van der Waals surface area contributed by atoms with Gasteiger partial charge in [0.25, 0.3) is 0 Å². The summed E-state index contributed by atoms with van der Waals surface area (Å²) in [7, 11) is 0. The third-order valence-electron chi connectivity index (χ3n) is 0.615. The van der Waals surface area contributed by atoms with Crippen molar-refractivity contribution in [2.45, 2.75) is 34.6 Å². The minimum absolute atomic E-state index is 0.303. The molecule has 1 aromatic heterocycles. The van der Waals surface area contributed by atoms with Crippen LogP contribution in [0.2, 0.25) is 0 Å². The minimum Gasteiger partial charge on any atom is -0.367 e. The lowest BCUT2D eigenvalue weighted by Gasteiger charge is -1.68. The highest BCUT2D eigenvalue weighted by Gasteiger charge is 1.86. The van der Waals surface area contributed by atoms with E-state index in [9.17, 15) is 0 Å². The summed E-state index contributed by atoms with van der Waals surface area (Å²) in [6, 6.07) is 0. The predicted molar refractivity (Wildman–Crippen MR) is 48.2 cm³/mol. The van der Waals surface area contributed by atoms with Crippen molar-refractivity contribution in [2.75, 3.05) is 5.73 Å². The SMILES string of the molecule is CC.CC.Cc1nc(N)n[nH]1. The lowest BCUT2D eigenvalue weighted by atomic mass is 10.8. The molecule has 0 unspecified atom stereocenters. The van der Waals surface area contributed by atoms with Crippen LogP contribution in [0, 0.1) is 6.92 Å². The number of nitrogens with one attached hydrogen (secondary N) is 1. The van der Waals surface area contributed by atoms with Gasteiger partial charge in [-0.25, -0.2) is 0 Å². The van der Waals surface area contributed by atoms with Gasteiger partial charge < -0.3 is 5.73 Å². The number of aryl methyl sites for hydroxylation is 1. The number of hydrogen-bond donors (Lipinski definition) is 2. The first kappa shape index (κ1) is 12.6. The van der Waals surface area contributed by atoms with E-state index < -0.39 is 0 Å².